The molecule has 3 aromatic rings. The number of rotatable bonds is 9. The van der Waals surface area contributed by atoms with Crippen LogP contribution in [0.25, 0.3) is 11.0 Å². The molecule has 0 radical (unpaired) electrons. The second-order valence-electron chi connectivity index (χ2n) is 8.91. The molecule has 1 unspecified atom stereocenters. The van der Waals surface area contributed by atoms with Gasteiger partial charge in [0.15, 0.2) is 0 Å². The first-order chi connectivity index (χ1) is 17.9. The monoisotopic (exact) mass is 551 g/mol. The summed E-state index contributed by atoms with van der Waals surface area (Å²) >= 11 is 0. The van der Waals surface area contributed by atoms with Gasteiger partial charge >= 0.3 is 21.6 Å². The lowest BCUT2D eigenvalue weighted by atomic mass is 9.99. The zero-order valence-corrected chi connectivity index (χ0v) is 20.8. The Hall–Kier alpha value is -3.74. The summed E-state index contributed by atoms with van der Waals surface area (Å²) < 4.78 is 66.2. The van der Waals surface area contributed by atoms with Crippen LogP contribution < -0.4 is 4.18 Å². The molecular formula is C25H24F3N3O6S. The van der Waals surface area contributed by atoms with Gasteiger partial charge in [0.05, 0.1) is 11.0 Å². The van der Waals surface area contributed by atoms with Gasteiger partial charge in [0.25, 0.3) is 11.8 Å². The van der Waals surface area contributed by atoms with E-state index in [4.69, 9.17) is 5.11 Å². The third-order valence-electron chi connectivity index (χ3n) is 6.22. The molecule has 0 aliphatic carbocycles. The first-order valence-electron chi connectivity index (χ1n) is 11.8. The molecule has 2 heterocycles. The number of carboxylic acids is 1. The SMILES string of the molecule is O=C(O)CCCCc1nc2cc(C(=O)N3CCC(c4ccccc4)C3)ccc2nc1OS(=O)(=O)C(F)(F)F. The molecule has 13 heteroatoms. The van der Waals surface area contributed by atoms with Crippen molar-refractivity contribution in [3.05, 3.63) is 65.4 Å². The Bertz CT molecular complexity index is 1450. The third-order valence-corrected chi connectivity index (χ3v) is 7.16. The summed E-state index contributed by atoms with van der Waals surface area (Å²) in [6.07, 6.45) is 0.898. The molecule has 1 aliphatic heterocycles. The number of amides is 1. The van der Waals surface area contributed by atoms with Crippen molar-refractivity contribution < 1.29 is 40.5 Å². The van der Waals surface area contributed by atoms with Gasteiger partial charge in [-0.25, -0.2) is 9.97 Å². The van der Waals surface area contributed by atoms with Gasteiger partial charge in [-0.3, -0.25) is 9.59 Å². The van der Waals surface area contributed by atoms with Crippen molar-refractivity contribution in [1.29, 1.82) is 0 Å². The highest BCUT2D eigenvalue weighted by Crippen LogP contribution is 2.31. The number of hydrogen-bond donors (Lipinski definition) is 1. The van der Waals surface area contributed by atoms with Crippen LogP contribution in [0.15, 0.2) is 48.5 Å². The average Bonchev–Trinajstić information content (AvgIpc) is 3.36. The molecule has 0 bridgehead atoms. The summed E-state index contributed by atoms with van der Waals surface area (Å²) in [4.78, 5) is 33.9. The van der Waals surface area contributed by atoms with E-state index in [-0.39, 0.29) is 54.2 Å². The maximum absolute atomic E-state index is 13.2. The third kappa shape index (κ3) is 6.21. The smallest absolute Gasteiger partial charge is 0.481 e. The molecule has 2 aromatic carbocycles. The van der Waals surface area contributed by atoms with Crippen molar-refractivity contribution in [3.8, 4) is 5.88 Å². The Morgan fingerprint density at radius 1 is 1.05 bits per heavy atom. The van der Waals surface area contributed by atoms with E-state index >= 15 is 0 Å². The molecule has 1 aromatic heterocycles. The van der Waals surface area contributed by atoms with Gasteiger partial charge in [-0.2, -0.15) is 21.6 Å². The van der Waals surface area contributed by atoms with Gasteiger partial charge in [-0.15, -0.1) is 0 Å². The number of carbonyl (C=O) groups excluding carboxylic acids is 1. The number of carboxylic acid groups (broad SMARTS) is 1. The van der Waals surface area contributed by atoms with Gasteiger partial charge in [0, 0.05) is 31.0 Å². The summed E-state index contributed by atoms with van der Waals surface area (Å²) in [7, 11) is -6.00. The number of likely N-dealkylation sites (tertiary alicyclic amines) is 1. The molecule has 202 valence electrons. The van der Waals surface area contributed by atoms with Crippen LogP contribution in [0.2, 0.25) is 0 Å². The maximum atomic E-state index is 13.2. The molecular weight excluding hydrogens is 527 g/mol. The van der Waals surface area contributed by atoms with Crippen LogP contribution in [0, 0.1) is 0 Å². The highest BCUT2D eigenvalue weighted by Gasteiger charge is 2.49. The highest BCUT2D eigenvalue weighted by molar-refractivity contribution is 7.87. The fraction of sp³-hybridized carbons (Fsp3) is 0.360. The van der Waals surface area contributed by atoms with E-state index < -0.39 is 27.5 Å². The second-order valence-corrected chi connectivity index (χ2v) is 10.4. The van der Waals surface area contributed by atoms with Gasteiger partial charge in [-0.1, -0.05) is 30.3 Å². The zero-order chi connectivity index (χ0) is 27.5. The molecule has 4 rings (SSSR count). The topological polar surface area (TPSA) is 127 Å². The van der Waals surface area contributed by atoms with Crippen LogP contribution in [0.4, 0.5) is 13.2 Å². The normalized spacial score (nSPS) is 16.1. The largest absolute Gasteiger partial charge is 0.534 e. The first kappa shape index (κ1) is 27.3. The van der Waals surface area contributed by atoms with Crippen molar-refractivity contribution in [2.24, 2.45) is 0 Å². The predicted molar refractivity (Wildman–Crippen MR) is 130 cm³/mol. The number of hydrogen-bond acceptors (Lipinski definition) is 7. The maximum Gasteiger partial charge on any atom is 0.534 e. The second kappa shape index (κ2) is 10.9. The summed E-state index contributed by atoms with van der Waals surface area (Å²) in [5.74, 6) is -1.93. The number of unbranched alkanes of at least 4 members (excludes halogenated alkanes) is 1. The molecule has 1 aliphatic rings. The zero-order valence-electron chi connectivity index (χ0n) is 20.0. The Balaban J connectivity index is 1.60. The average molecular weight is 552 g/mol. The van der Waals surface area contributed by atoms with E-state index in [0.717, 1.165) is 12.0 Å². The van der Waals surface area contributed by atoms with E-state index in [9.17, 15) is 31.2 Å². The van der Waals surface area contributed by atoms with Crippen LogP contribution in [-0.2, 0) is 21.3 Å². The summed E-state index contributed by atoms with van der Waals surface area (Å²) in [5, 5.41) is 8.81. The summed E-state index contributed by atoms with van der Waals surface area (Å²) in [6, 6.07) is 14.1. The van der Waals surface area contributed by atoms with E-state index in [1.165, 1.54) is 18.2 Å². The van der Waals surface area contributed by atoms with Crippen molar-refractivity contribution in [2.75, 3.05) is 13.1 Å². The number of carbonyl (C=O) groups is 2. The standard InChI is InChI=1S/C25H24F3N3O6S/c26-25(27,28)38(35,36)37-23-20(8-4-5-9-22(32)33)29-21-14-17(10-11-19(21)30-23)24(34)31-13-12-18(15-31)16-6-2-1-3-7-16/h1-3,6-7,10-11,14,18H,4-5,8-9,12-13,15H2,(H,32,33). The van der Waals surface area contributed by atoms with Gasteiger partial charge < -0.3 is 14.2 Å². The Morgan fingerprint density at radius 2 is 1.79 bits per heavy atom. The van der Waals surface area contributed by atoms with Crippen LogP contribution in [-0.4, -0.2) is 58.9 Å². The van der Waals surface area contributed by atoms with E-state index in [1.54, 1.807) is 4.90 Å². The lowest BCUT2D eigenvalue weighted by molar-refractivity contribution is -0.137. The molecule has 1 amide bonds. The first-order valence-corrected chi connectivity index (χ1v) is 13.2. The van der Waals surface area contributed by atoms with E-state index in [1.807, 2.05) is 30.3 Å². The summed E-state index contributed by atoms with van der Waals surface area (Å²) in [5.41, 5.74) is -4.22. The number of fused-ring (bicyclic) bond motifs is 1. The van der Waals surface area contributed by atoms with Crippen LogP contribution >= 0.6 is 0 Å². The Kier molecular flexibility index (Phi) is 7.86. The predicted octanol–water partition coefficient (Wildman–Crippen LogP) is 4.29. The number of aliphatic carboxylic acids is 1. The van der Waals surface area contributed by atoms with E-state index in [0.29, 0.717) is 18.7 Å². The summed E-state index contributed by atoms with van der Waals surface area (Å²) in [6.45, 7) is 1.09. The number of nitrogens with zero attached hydrogens (tertiary/aromatic N) is 3. The molecule has 9 nitrogen and oxygen atoms in total. The highest BCUT2D eigenvalue weighted by atomic mass is 32.2. The minimum Gasteiger partial charge on any atom is -0.481 e. The number of halogens is 3. The number of benzene rings is 2. The van der Waals surface area contributed by atoms with Crippen molar-refractivity contribution >= 4 is 33.0 Å². The van der Waals surface area contributed by atoms with Crippen LogP contribution in [0.1, 0.15) is 53.2 Å². The molecule has 0 spiro atoms. The molecule has 1 fully saturated rings. The lowest BCUT2D eigenvalue weighted by Gasteiger charge is -2.17. The van der Waals surface area contributed by atoms with Crippen molar-refractivity contribution in [1.82, 2.24) is 14.9 Å². The number of aromatic nitrogens is 2. The number of alkyl halides is 3. The minimum absolute atomic E-state index is 0.0341. The van der Waals surface area contributed by atoms with E-state index in [2.05, 4.69) is 14.2 Å². The van der Waals surface area contributed by atoms with Gasteiger partial charge in [0.2, 0.25) is 0 Å². The fourth-order valence-electron chi connectivity index (χ4n) is 4.28. The van der Waals surface area contributed by atoms with Crippen molar-refractivity contribution in [2.45, 2.75) is 43.5 Å². The Morgan fingerprint density at radius 3 is 2.47 bits per heavy atom. The number of aryl methyl sites for hydroxylation is 1. The molecule has 38 heavy (non-hydrogen) atoms. The van der Waals surface area contributed by atoms with Crippen LogP contribution in [0.5, 0.6) is 5.88 Å². The van der Waals surface area contributed by atoms with Gasteiger partial charge in [-0.05, 0) is 49.4 Å². The minimum atomic E-state index is -6.00. The lowest BCUT2D eigenvalue weighted by Crippen LogP contribution is -2.29. The molecule has 1 saturated heterocycles. The fourth-order valence-corrected chi connectivity index (χ4v) is 4.72. The van der Waals surface area contributed by atoms with Gasteiger partial charge in [0.1, 0.15) is 5.69 Å². The molecule has 1 atom stereocenters. The quantitative estimate of drug-likeness (QED) is 0.237. The molecule has 0 saturated carbocycles. The van der Waals surface area contributed by atoms with Crippen molar-refractivity contribution in [3.63, 3.8) is 0 Å². The molecule has 1 N–H and O–H groups in total. The Labute approximate surface area is 216 Å². The van der Waals surface area contributed by atoms with Crippen LogP contribution in [0.3, 0.4) is 0 Å².